The van der Waals surface area contributed by atoms with Gasteiger partial charge in [0.2, 0.25) is 11.8 Å². The molecule has 45 heavy (non-hydrogen) atoms. The van der Waals surface area contributed by atoms with Gasteiger partial charge >= 0.3 is 0 Å². The number of hydrogen-bond acceptors (Lipinski definition) is 7. The van der Waals surface area contributed by atoms with Crippen LogP contribution in [0.4, 0.5) is 5.69 Å². The molecule has 2 N–H and O–H groups in total. The molecule has 0 radical (unpaired) electrons. The third-order valence-electron chi connectivity index (χ3n) is 10.3. The summed E-state index contributed by atoms with van der Waals surface area (Å²) in [6.07, 6.45) is 4.17. The van der Waals surface area contributed by atoms with Crippen LogP contribution in [0.3, 0.4) is 0 Å². The van der Waals surface area contributed by atoms with Crippen LogP contribution in [0.5, 0.6) is 11.5 Å². The van der Waals surface area contributed by atoms with Crippen molar-refractivity contribution >= 4 is 40.9 Å². The van der Waals surface area contributed by atoms with E-state index in [1.54, 1.807) is 42.7 Å². The van der Waals surface area contributed by atoms with Gasteiger partial charge in [0.05, 0.1) is 35.1 Å². The van der Waals surface area contributed by atoms with Crippen molar-refractivity contribution in [2.75, 3.05) is 4.90 Å². The zero-order chi connectivity index (χ0) is 31.2. The van der Waals surface area contributed by atoms with Crippen LogP contribution in [0.25, 0.3) is 0 Å². The molecular weight excluding hydrogens is 596 g/mol. The molecule has 3 heterocycles. The molecule has 4 amide bonds. The van der Waals surface area contributed by atoms with E-state index in [0.717, 1.165) is 5.57 Å². The predicted octanol–water partition coefficient (Wildman–Crippen LogP) is 4.95. The Labute approximate surface area is 262 Å². The van der Waals surface area contributed by atoms with E-state index in [9.17, 15) is 24.7 Å². The van der Waals surface area contributed by atoms with Gasteiger partial charge in [-0.1, -0.05) is 59.6 Å². The average Bonchev–Trinajstić information content (AvgIpc) is 3.41. The number of allylic oxidation sites excluding steroid dienone is 3. The SMILES string of the molecule is O=C1C2CC=C3C(CC4C(=O)N(c5cccc(Cl)c5)C(=O)C4(c4ccccc4)C3C3=COc4ccc(O)cc4C3)C2C(=O)N1O. The van der Waals surface area contributed by atoms with E-state index >= 15 is 4.79 Å². The summed E-state index contributed by atoms with van der Waals surface area (Å²) in [4.78, 5) is 57.3. The number of fused-ring (bicyclic) bond motifs is 5. The molecule has 2 aliphatic carbocycles. The first kappa shape index (κ1) is 27.8. The number of hydrogen-bond donors (Lipinski definition) is 2. The normalized spacial score (nSPS) is 30.2. The molecule has 9 nitrogen and oxygen atoms in total. The van der Waals surface area contributed by atoms with Crippen molar-refractivity contribution < 1.29 is 34.2 Å². The lowest BCUT2D eigenvalue weighted by Crippen LogP contribution is -2.55. The zero-order valence-electron chi connectivity index (χ0n) is 23.8. The minimum atomic E-state index is -1.43. The van der Waals surface area contributed by atoms with E-state index in [2.05, 4.69) is 0 Å². The lowest BCUT2D eigenvalue weighted by Gasteiger charge is -2.51. The van der Waals surface area contributed by atoms with Gasteiger partial charge in [-0.25, -0.2) is 4.90 Å². The largest absolute Gasteiger partial charge is 0.508 e. The molecule has 10 heteroatoms. The van der Waals surface area contributed by atoms with Crippen molar-refractivity contribution in [1.29, 1.82) is 0 Å². The number of hydroxylamine groups is 2. The fourth-order valence-electron chi connectivity index (χ4n) is 8.54. The monoisotopic (exact) mass is 622 g/mol. The number of nitrogens with zero attached hydrogens (tertiary/aromatic N) is 2. The molecule has 3 aliphatic heterocycles. The van der Waals surface area contributed by atoms with Gasteiger partial charge in [0.15, 0.2) is 0 Å². The molecule has 6 unspecified atom stereocenters. The highest BCUT2D eigenvalue weighted by Crippen LogP contribution is 2.63. The Kier molecular flexibility index (Phi) is 6.11. The predicted molar refractivity (Wildman–Crippen MR) is 161 cm³/mol. The highest BCUT2D eigenvalue weighted by molar-refractivity contribution is 6.32. The first-order chi connectivity index (χ1) is 21.7. The molecule has 1 saturated carbocycles. The number of anilines is 1. The van der Waals surface area contributed by atoms with Crippen molar-refractivity contribution in [3.8, 4) is 11.5 Å². The molecule has 226 valence electrons. The second kappa shape index (κ2) is 9.89. The van der Waals surface area contributed by atoms with Crippen molar-refractivity contribution in [1.82, 2.24) is 5.06 Å². The van der Waals surface area contributed by atoms with Crippen LogP contribution >= 0.6 is 11.6 Å². The minimum absolute atomic E-state index is 0.0628. The van der Waals surface area contributed by atoms with Gasteiger partial charge in [-0.15, -0.1) is 0 Å². The number of phenols is 1. The molecule has 8 rings (SSSR count). The third-order valence-corrected chi connectivity index (χ3v) is 10.5. The minimum Gasteiger partial charge on any atom is -0.508 e. The number of rotatable bonds is 3. The van der Waals surface area contributed by atoms with Crippen LogP contribution in [-0.4, -0.2) is 39.0 Å². The Balaban J connectivity index is 1.38. The van der Waals surface area contributed by atoms with Crippen LogP contribution in [0.2, 0.25) is 5.02 Å². The van der Waals surface area contributed by atoms with E-state index in [-0.39, 0.29) is 23.7 Å². The van der Waals surface area contributed by atoms with Crippen LogP contribution in [0.15, 0.2) is 96.3 Å². The molecule has 0 spiro atoms. The van der Waals surface area contributed by atoms with Crippen LogP contribution in [-0.2, 0) is 31.0 Å². The molecule has 6 atom stereocenters. The van der Waals surface area contributed by atoms with Crippen LogP contribution < -0.4 is 9.64 Å². The summed E-state index contributed by atoms with van der Waals surface area (Å²) in [7, 11) is 0. The number of phenolic OH excluding ortho intramolecular Hbond substituents is 1. The Hall–Kier alpha value is -4.73. The van der Waals surface area contributed by atoms with Crippen molar-refractivity contribution in [2.45, 2.75) is 24.7 Å². The first-order valence-electron chi connectivity index (χ1n) is 14.9. The standard InChI is InChI=1S/C35H27ClN2O7/c36-21-7-4-8-22(15-21)37-32(41)27-16-26-24(10-11-25-29(26)33(42)38(44)31(25)40)30(35(27,34(37)43)20-5-2-1-3-6-20)19-13-18-14-23(39)9-12-28(18)45-17-19/h1-10,12,14-15,17,25-27,29-30,39,44H,11,13,16H2. The number of imide groups is 2. The number of carbonyl (C=O) groups excluding carboxylic acids is 4. The van der Waals surface area contributed by atoms with Gasteiger partial charge in [-0.05, 0) is 66.3 Å². The van der Waals surface area contributed by atoms with Crippen molar-refractivity contribution in [3.63, 3.8) is 0 Å². The fourth-order valence-corrected chi connectivity index (χ4v) is 8.73. The summed E-state index contributed by atoms with van der Waals surface area (Å²) in [6.45, 7) is 0. The average molecular weight is 623 g/mol. The van der Waals surface area contributed by atoms with E-state index in [1.807, 2.05) is 36.4 Å². The van der Waals surface area contributed by atoms with Crippen LogP contribution in [0, 0.1) is 29.6 Å². The lowest BCUT2D eigenvalue weighted by atomic mass is 9.48. The summed E-state index contributed by atoms with van der Waals surface area (Å²) >= 11 is 6.34. The number of carbonyl (C=O) groups is 4. The Morgan fingerprint density at radius 3 is 2.47 bits per heavy atom. The highest BCUT2D eigenvalue weighted by atomic mass is 35.5. The highest BCUT2D eigenvalue weighted by Gasteiger charge is 2.70. The molecule has 3 aromatic carbocycles. The number of halogens is 1. The summed E-state index contributed by atoms with van der Waals surface area (Å²) < 4.78 is 6.09. The Morgan fingerprint density at radius 1 is 0.889 bits per heavy atom. The van der Waals surface area contributed by atoms with E-state index in [4.69, 9.17) is 16.3 Å². The molecular formula is C35H27ClN2O7. The van der Waals surface area contributed by atoms with Gasteiger partial charge in [-0.3, -0.25) is 24.4 Å². The van der Waals surface area contributed by atoms with E-state index < -0.39 is 58.6 Å². The number of aromatic hydroxyl groups is 1. The third kappa shape index (κ3) is 3.77. The van der Waals surface area contributed by atoms with E-state index in [0.29, 0.717) is 39.6 Å². The summed E-state index contributed by atoms with van der Waals surface area (Å²) in [6, 6.07) is 20.6. The molecule has 0 aromatic heterocycles. The van der Waals surface area contributed by atoms with Crippen LogP contribution in [0.1, 0.15) is 24.0 Å². The Bertz CT molecular complexity index is 1890. The smallest absolute Gasteiger partial charge is 0.257 e. The summed E-state index contributed by atoms with van der Waals surface area (Å²) in [5.74, 6) is -5.45. The maximum absolute atomic E-state index is 15.2. The first-order valence-corrected chi connectivity index (χ1v) is 15.2. The van der Waals surface area contributed by atoms with Crippen molar-refractivity contribution in [3.05, 3.63) is 112 Å². The van der Waals surface area contributed by atoms with Crippen molar-refractivity contribution in [2.24, 2.45) is 29.6 Å². The van der Waals surface area contributed by atoms with Gasteiger partial charge in [0.25, 0.3) is 11.8 Å². The fraction of sp³-hybridized carbons (Fsp3) is 0.257. The zero-order valence-corrected chi connectivity index (χ0v) is 24.6. The molecule has 3 aromatic rings. The van der Waals surface area contributed by atoms with Gasteiger partial charge in [0.1, 0.15) is 11.5 Å². The summed E-state index contributed by atoms with van der Waals surface area (Å²) in [5, 5.41) is 21.2. The molecule has 2 saturated heterocycles. The summed E-state index contributed by atoms with van der Waals surface area (Å²) in [5.41, 5.74) is 1.73. The van der Waals surface area contributed by atoms with Gasteiger partial charge in [0, 0.05) is 22.9 Å². The quantitative estimate of drug-likeness (QED) is 0.241. The Morgan fingerprint density at radius 2 is 1.69 bits per heavy atom. The van der Waals surface area contributed by atoms with Gasteiger partial charge < -0.3 is 9.84 Å². The number of benzene rings is 3. The maximum Gasteiger partial charge on any atom is 0.257 e. The maximum atomic E-state index is 15.2. The number of amides is 4. The topological polar surface area (TPSA) is 124 Å². The molecule has 5 aliphatic rings. The number of ether oxygens (including phenoxy) is 1. The second-order valence-corrected chi connectivity index (χ2v) is 12.8. The lowest BCUT2D eigenvalue weighted by molar-refractivity contribution is -0.173. The van der Waals surface area contributed by atoms with Gasteiger partial charge in [-0.2, -0.15) is 5.06 Å². The second-order valence-electron chi connectivity index (χ2n) is 12.4. The molecule has 3 fully saturated rings. The molecule has 0 bridgehead atoms. The van der Waals surface area contributed by atoms with E-state index in [1.165, 1.54) is 11.0 Å².